The number of nitrogens with one attached hydrogen (secondary N) is 1. The highest BCUT2D eigenvalue weighted by atomic mass is 19.3. The average molecular weight is 440 g/mol. The summed E-state index contributed by atoms with van der Waals surface area (Å²) < 4.78 is 65.9. The monoisotopic (exact) mass is 440 g/mol. The van der Waals surface area contributed by atoms with Crippen LogP contribution in [0.5, 0.6) is 11.5 Å². The van der Waals surface area contributed by atoms with Gasteiger partial charge in [-0.25, -0.2) is 0 Å². The number of alkyl halides is 4. The van der Waals surface area contributed by atoms with E-state index in [2.05, 4.69) is 14.8 Å². The Kier molecular flexibility index (Phi) is 6.17. The third-order valence-corrected chi connectivity index (χ3v) is 5.17. The molecule has 0 spiro atoms. The molecule has 0 aromatic heterocycles. The quantitative estimate of drug-likeness (QED) is 0.636. The summed E-state index contributed by atoms with van der Waals surface area (Å²) in [5.41, 5.74) is 1.14. The number of anilines is 1. The lowest BCUT2D eigenvalue weighted by atomic mass is 10.0. The zero-order chi connectivity index (χ0) is 22.0. The summed E-state index contributed by atoms with van der Waals surface area (Å²) in [5, 5.41) is 3.18. The predicted octanol–water partition coefficient (Wildman–Crippen LogP) is 4.63. The van der Waals surface area contributed by atoms with Gasteiger partial charge in [0.15, 0.2) is 0 Å². The van der Waals surface area contributed by atoms with Gasteiger partial charge in [0, 0.05) is 30.5 Å². The van der Waals surface area contributed by atoms with Crippen LogP contribution in [-0.2, 0) is 4.74 Å². The van der Waals surface area contributed by atoms with Gasteiger partial charge < -0.3 is 24.4 Å². The van der Waals surface area contributed by atoms with Gasteiger partial charge in [-0.2, -0.15) is 17.6 Å². The summed E-state index contributed by atoms with van der Waals surface area (Å²) in [7, 11) is 0. The normalized spacial score (nSPS) is 20.7. The van der Waals surface area contributed by atoms with E-state index in [1.54, 1.807) is 24.3 Å². The molecule has 1 N–H and O–H groups in total. The Morgan fingerprint density at radius 1 is 1.10 bits per heavy atom. The lowest BCUT2D eigenvalue weighted by Crippen LogP contribution is -2.46. The van der Waals surface area contributed by atoms with E-state index in [0.717, 1.165) is 18.9 Å². The first kappa shape index (κ1) is 21.2. The van der Waals surface area contributed by atoms with Crippen LogP contribution in [0.25, 0.3) is 0 Å². The average Bonchev–Trinajstić information content (AvgIpc) is 3.23. The Balaban J connectivity index is 1.74. The summed E-state index contributed by atoms with van der Waals surface area (Å²) in [6.45, 7) is -5.50. The first-order valence-corrected chi connectivity index (χ1v) is 9.74. The van der Waals surface area contributed by atoms with Crippen LogP contribution >= 0.6 is 0 Å². The van der Waals surface area contributed by atoms with Gasteiger partial charge in [0.05, 0.1) is 11.7 Å². The molecule has 0 radical (unpaired) electrons. The molecule has 1 fully saturated rings. The fourth-order valence-electron chi connectivity index (χ4n) is 3.85. The van der Waals surface area contributed by atoms with E-state index in [1.807, 2.05) is 0 Å². The molecule has 1 amide bonds. The minimum absolute atomic E-state index is 0.183. The van der Waals surface area contributed by atoms with Crippen LogP contribution in [-0.4, -0.2) is 43.3 Å². The summed E-state index contributed by atoms with van der Waals surface area (Å²) in [6, 6.07) is 10.3. The number of ether oxygens (including phenoxy) is 3. The Labute approximate surface area is 175 Å². The highest BCUT2D eigenvalue weighted by Crippen LogP contribution is 2.39. The number of hydrogen-bond donors (Lipinski definition) is 1. The van der Waals surface area contributed by atoms with Crippen molar-refractivity contribution in [2.24, 2.45) is 0 Å². The van der Waals surface area contributed by atoms with Crippen molar-refractivity contribution in [1.29, 1.82) is 0 Å². The first-order chi connectivity index (χ1) is 14.9. The molecule has 6 nitrogen and oxygen atoms in total. The number of rotatable bonds is 7. The number of halogens is 4. The second-order valence-corrected chi connectivity index (χ2v) is 7.14. The first-order valence-electron chi connectivity index (χ1n) is 9.74. The maximum atomic E-state index is 13.3. The van der Waals surface area contributed by atoms with Crippen molar-refractivity contribution in [2.45, 2.75) is 38.3 Å². The minimum atomic E-state index is -3.20. The smallest absolute Gasteiger partial charge is 0.387 e. The molecule has 31 heavy (non-hydrogen) atoms. The zero-order valence-electron chi connectivity index (χ0n) is 16.3. The molecule has 2 atom stereocenters. The van der Waals surface area contributed by atoms with E-state index >= 15 is 0 Å². The Morgan fingerprint density at radius 3 is 2.58 bits per heavy atom. The maximum Gasteiger partial charge on any atom is 0.387 e. The van der Waals surface area contributed by atoms with Gasteiger partial charge in [0.2, 0.25) is 0 Å². The second kappa shape index (κ2) is 9.01. The molecule has 2 aliphatic heterocycles. The van der Waals surface area contributed by atoms with Gasteiger partial charge in [0.1, 0.15) is 17.7 Å². The highest BCUT2D eigenvalue weighted by molar-refractivity contribution is 6.01. The van der Waals surface area contributed by atoms with E-state index in [0.29, 0.717) is 17.9 Å². The third-order valence-electron chi connectivity index (χ3n) is 5.17. The standard InChI is InChI=1S/C21H20F4N2O4/c22-20(23)30-12-7-8-15(17(10-12)31-21(24)25)18-26-16-6-2-1-5-14(16)19(28)27(18)11-13-4-3-9-29-13/h1-2,5-8,10,13,18,20-21,26H,3-4,9,11H2/t13-,18+/m0/s1. The van der Waals surface area contributed by atoms with Crippen LogP contribution < -0.4 is 14.8 Å². The Hall–Kier alpha value is -3.01. The number of benzene rings is 2. The third kappa shape index (κ3) is 4.68. The van der Waals surface area contributed by atoms with E-state index in [4.69, 9.17) is 4.74 Å². The summed E-state index contributed by atoms with van der Waals surface area (Å²) in [6.07, 6.45) is 0.556. The van der Waals surface area contributed by atoms with Gasteiger partial charge in [-0.05, 0) is 37.1 Å². The molecule has 2 heterocycles. The minimum Gasteiger partial charge on any atom is -0.435 e. The van der Waals surface area contributed by atoms with Crippen LogP contribution in [0.15, 0.2) is 42.5 Å². The van der Waals surface area contributed by atoms with Crippen LogP contribution in [0.2, 0.25) is 0 Å². The van der Waals surface area contributed by atoms with E-state index in [1.165, 1.54) is 17.0 Å². The highest BCUT2D eigenvalue weighted by Gasteiger charge is 2.37. The van der Waals surface area contributed by atoms with Crippen molar-refractivity contribution in [3.05, 3.63) is 53.6 Å². The van der Waals surface area contributed by atoms with Crippen LogP contribution in [0.3, 0.4) is 0 Å². The molecular formula is C21H20F4N2O4. The lowest BCUT2D eigenvalue weighted by Gasteiger charge is -2.39. The van der Waals surface area contributed by atoms with Crippen molar-refractivity contribution in [2.75, 3.05) is 18.5 Å². The molecule has 4 rings (SSSR count). The van der Waals surface area contributed by atoms with Crippen molar-refractivity contribution >= 4 is 11.6 Å². The molecule has 2 aromatic carbocycles. The Morgan fingerprint density at radius 2 is 1.87 bits per heavy atom. The number of para-hydroxylation sites is 1. The van der Waals surface area contributed by atoms with Crippen molar-refractivity contribution in [3.63, 3.8) is 0 Å². The summed E-state index contributed by atoms with van der Waals surface area (Å²) in [5.74, 6) is -0.997. The van der Waals surface area contributed by atoms with Crippen LogP contribution in [0.1, 0.15) is 34.9 Å². The molecular weight excluding hydrogens is 420 g/mol. The number of carbonyl (C=O) groups excluding carboxylic acids is 1. The molecule has 2 aliphatic rings. The van der Waals surface area contributed by atoms with Gasteiger partial charge in [0.25, 0.3) is 5.91 Å². The molecule has 166 valence electrons. The fraction of sp³-hybridized carbons (Fsp3) is 0.381. The van der Waals surface area contributed by atoms with Crippen LogP contribution in [0.4, 0.5) is 23.2 Å². The van der Waals surface area contributed by atoms with Gasteiger partial charge in [-0.1, -0.05) is 12.1 Å². The van der Waals surface area contributed by atoms with Crippen molar-refractivity contribution in [1.82, 2.24) is 4.90 Å². The number of amides is 1. The molecule has 0 unspecified atom stereocenters. The number of fused-ring (bicyclic) bond motifs is 1. The predicted molar refractivity (Wildman–Crippen MR) is 103 cm³/mol. The van der Waals surface area contributed by atoms with Crippen molar-refractivity contribution in [3.8, 4) is 11.5 Å². The molecule has 0 bridgehead atoms. The number of nitrogens with zero attached hydrogens (tertiary/aromatic N) is 1. The summed E-state index contributed by atoms with van der Waals surface area (Å²) in [4.78, 5) is 14.7. The summed E-state index contributed by atoms with van der Waals surface area (Å²) >= 11 is 0. The van der Waals surface area contributed by atoms with Gasteiger partial charge >= 0.3 is 13.2 Å². The van der Waals surface area contributed by atoms with E-state index in [-0.39, 0.29) is 35.6 Å². The topological polar surface area (TPSA) is 60.0 Å². The van der Waals surface area contributed by atoms with Crippen molar-refractivity contribution < 1.29 is 36.6 Å². The van der Waals surface area contributed by atoms with E-state index in [9.17, 15) is 22.4 Å². The zero-order valence-corrected chi connectivity index (χ0v) is 16.3. The second-order valence-electron chi connectivity index (χ2n) is 7.14. The van der Waals surface area contributed by atoms with Crippen LogP contribution in [0, 0.1) is 0 Å². The lowest BCUT2D eigenvalue weighted by molar-refractivity contribution is -0.0550. The largest absolute Gasteiger partial charge is 0.435 e. The van der Waals surface area contributed by atoms with E-state index < -0.39 is 19.4 Å². The molecule has 0 aliphatic carbocycles. The molecule has 0 saturated carbocycles. The number of hydrogen-bond acceptors (Lipinski definition) is 5. The van der Waals surface area contributed by atoms with Gasteiger partial charge in [-0.3, -0.25) is 4.79 Å². The van der Waals surface area contributed by atoms with Gasteiger partial charge in [-0.15, -0.1) is 0 Å². The fourth-order valence-corrected chi connectivity index (χ4v) is 3.85. The number of carbonyl (C=O) groups is 1. The maximum absolute atomic E-state index is 13.3. The SMILES string of the molecule is O=C1c2ccccc2N[C@@H](c2ccc(OC(F)F)cc2OC(F)F)N1C[C@@H]1CCCO1. The molecule has 1 saturated heterocycles. The Bertz CT molecular complexity index is 937. The molecule has 2 aromatic rings. The molecule has 10 heteroatoms.